The number of benzene rings is 3. The van der Waals surface area contributed by atoms with Gasteiger partial charge in [0, 0.05) is 16.2 Å². The number of allylic oxidation sites excluding steroid dienone is 1. The van der Waals surface area contributed by atoms with Crippen LogP contribution < -0.4 is 0 Å². The molecule has 1 aliphatic carbocycles. The van der Waals surface area contributed by atoms with E-state index in [0.29, 0.717) is 5.92 Å². The van der Waals surface area contributed by atoms with Gasteiger partial charge < -0.3 is 6.42 Å². The van der Waals surface area contributed by atoms with Gasteiger partial charge in [0.1, 0.15) is 0 Å². The molecule has 0 N–H and O–H groups in total. The molecule has 0 heterocycles. The Balaban J connectivity index is 0.000000170. The summed E-state index contributed by atoms with van der Waals surface area (Å²) in [5, 5.41) is 2.66. The van der Waals surface area contributed by atoms with Gasteiger partial charge in [-0.3, -0.25) is 0 Å². The van der Waals surface area contributed by atoms with E-state index < -0.39 is 20.8 Å². The van der Waals surface area contributed by atoms with Gasteiger partial charge in [-0.25, -0.2) is 0 Å². The molecule has 1 atom stereocenters. The van der Waals surface area contributed by atoms with Gasteiger partial charge in [-0.2, -0.15) is 30.9 Å². The molecule has 1 aliphatic rings. The quantitative estimate of drug-likeness (QED) is 0.170. The van der Waals surface area contributed by atoms with Gasteiger partial charge in [0.25, 0.3) is 0 Å². The fraction of sp³-hybridized carbons (Fsp3) is 0.172. The molecule has 0 saturated carbocycles. The van der Waals surface area contributed by atoms with Crippen LogP contribution in [0.2, 0.25) is 0 Å². The molecule has 0 bridgehead atoms. The molecular weight excluding hydrogens is 539 g/mol. The number of hydrogen-bond donors (Lipinski definition) is 0. The van der Waals surface area contributed by atoms with Crippen LogP contribution in [0.5, 0.6) is 0 Å². The van der Waals surface area contributed by atoms with Crippen LogP contribution in [-0.4, -0.2) is 10.2 Å². The Hall–Kier alpha value is -1.31. The minimum Gasteiger partial charge on any atom is -0.168 e. The van der Waals surface area contributed by atoms with Crippen LogP contribution in [0, 0.1) is 6.42 Å². The summed E-state index contributed by atoms with van der Waals surface area (Å²) in [5.41, 5.74) is 4.23. The van der Waals surface area contributed by atoms with Crippen molar-refractivity contribution >= 4 is 44.1 Å². The Morgan fingerprint density at radius 2 is 1.58 bits per heavy atom. The molecule has 167 valence electrons. The molecule has 0 saturated heterocycles. The molecule has 0 nitrogen and oxygen atoms in total. The SMILES string of the molecule is C[CH-]CCC1C=Cc2ccccc21.[Cl][Zr+2][Cl].[Si]Cc1ccccc1.c1ccc2[cH-]ccc2c1. The molecule has 0 fully saturated rings. The van der Waals surface area contributed by atoms with Crippen molar-refractivity contribution in [1.82, 2.24) is 0 Å². The average molecular weight is 568 g/mol. The van der Waals surface area contributed by atoms with E-state index in [1.54, 1.807) is 0 Å². The van der Waals surface area contributed by atoms with E-state index in [-0.39, 0.29) is 0 Å². The van der Waals surface area contributed by atoms with E-state index in [1.165, 1.54) is 40.3 Å². The molecular formula is C29H29Cl2SiZr. The van der Waals surface area contributed by atoms with Gasteiger partial charge in [0.05, 0.1) is 0 Å². The zero-order valence-corrected chi connectivity index (χ0v) is 23.9. The largest absolute Gasteiger partial charge is 0.168 e. The first kappa shape index (κ1) is 27.9. The molecule has 4 heteroatoms. The Kier molecular flexibility index (Phi) is 14.5. The third-order valence-corrected chi connectivity index (χ3v) is 5.67. The molecule has 5 rings (SSSR count). The van der Waals surface area contributed by atoms with Gasteiger partial charge in [0.15, 0.2) is 0 Å². The van der Waals surface area contributed by atoms with Crippen molar-refractivity contribution in [2.45, 2.75) is 31.7 Å². The van der Waals surface area contributed by atoms with Crippen molar-refractivity contribution in [2.24, 2.45) is 0 Å². The Morgan fingerprint density at radius 1 is 0.909 bits per heavy atom. The van der Waals surface area contributed by atoms with Crippen LogP contribution in [0.4, 0.5) is 0 Å². The maximum atomic E-state index is 4.93. The predicted molar refractivity (Wildman–Crippen MR) is 145 cm³/mol. The fourth-order valence-corrected chi connectivity index (χ4v) is 3.82. The van der Waals surface area contributed by atoms with Gasteiger partial charge in [-0.1, -0.05) is 84.8 Å². The minimum atomic E-state index is -0.826. The van der Waals surface area contributed by atoms with E-state index in [0.717, 1.165) is 6.04 Å². The second kappa shape index (κ2) is 17.2. The van der Waals surface area contributed by atoms with Crippen LogP contribution in [0.1, 0.15) is 42.4 Å². The van der Waals surface area contributed by atoms with E-state index in [4.69, 9.17) is 17.0 Å². The van der Waals surface area contributed by atoms with Crippen molar-refractivity contribution in [3.05, 3.63) is 126 Å². The molecule has 33 heavy (non-hydrogen) atoms. The fourth-order valence-electron chi connectivity index (χ4n) is 3.59. The van der Waals surface area contributed by atoms with E-state index in [9.17, 15) is 0 Å². The molecule has 4 aromatic rings. The molecule has 0 amide bonds. The van der Waals surface area contributed by atoms with Crippen LogP contribution >= 0.6 is 17.0 Å². The number of rotatable bonds is 4. The smallest absolute Gasteiger partial charge is 0.0283 e. The first-order chi connectivity index (χ1) is 16.2. The molecule has 0 spiro atoms. The van der Waals surface area contributed by atoms with Crippen molar-refractivity contribution in [3.8, 4) is 0 Å². The maximum Gasteiger partial charge on any atom is 0.0283 e. The van der Waals surface area contributed by atoms with Gasteiger partial charge in [-0.05, 0) is 17.2 Å². The average Bonchev–Trinajstić information content (AvgIpc) is 3.52. The molecule has 0 aliphatic heterocycles. The number of halogens is 2. The summed E-state index contributed by atoms with van der Waals surface area (Å²) in [6.45, 7) is 2.13. The van der Waals surface area contributed by atoms with Crippen LogP contribution in [0.15, 0.2) is 103 Å². The van der Waals surface area contributed by atoms with Crippen molar-refractivity contribution < 1.29 is 20.8 Å². The Morgan fingerprint density at radius 3 is 2.24 bits per heavy atom. The molecule has 4 aromatic carbocycles. The normalized spacial score (nSPS) is 12.8. The minimum absolute atomic E-state index is 0.660. The van der Waals surface area contributed by atoms with Crippen molar-refractivity contribution in [2.75, 3.05) is 0 Å². The van der Waals surface area contributed by atoms with Gasteiger partial charge >= 0.3 is 37.9 Å². The maximum absolute atomic E-state index is 4.93. The third kappa shape index (κ3) is 10.2. The van der Waals surface area contributed by atoms with E-state index >= 15 is 0 Å². The topological polar surface area (TPSA) is 0 Å². The van der Waals surface area contributed by atoms with Crippen molar-refractivity contribution in [1.29, 1.82) is 0 Å². The summed E-state index contributed by atoms with van der Waals surface area (Å²) in [6.07, 6.45) is 9.28. The summed E-state index contributed by atoms with van der Waals surface area (Å²) in [4.78, 5) is 0. The molecule has 0 aromatic heterocycles. The van der Waals surface area contributed by atoms with Crippen LogP contribution in [0.3, 0.4) is 0 Å². The zero-order valence-electron chi connectivity index (χ0n) is 18.9. The number of unbranched alkanes of at least 4 members (excludes halogenated alkanes) is 1. The summed E-state index contributed by atoms with van der Waals surface area (Å²) in [5.74, 6) is 0.660. The predicted octanol–water partition coefficient (Wildman–Crippen LogP) is 9.09. The van der Waals surface area contributed by atoms with E-state index in [1.807, 2.05) is 18.2 Å². The molecule has 1 unspecified atom stereocenters. The van der Waals surface area contributed by atoms with Gasteiger partial charge in [0.2, 0.25) is 0 Å². The van der Waals surface area contributed by atoms with E-state index in [2.05, 4.69) is 115 Å². The first-order valence-electron chi connectivity index (χ1n) is 11.0. The van der Waals surface area contributed by atoms with Crippen LogP contribution in [0.25, 0.3) is 16.8 Å². The Bertz CT molecular complexity index is 1030. The molecule has 3 radical (unpaired) electrons. The third-order valence-electron chi connectivity index (χ3n) is 5.26. The standard InChI is InChI=1S/C13H15.C9H7.C7H7Si.2ClH.Zr/c1-2-3-6-11-9-10-12-7-4-5-8-13(11)12;1-2-5-9-7-3-6-8(9)4-1;8-6-7-4-2-1-3-5-7;;;/h2,4-5,7-11H,3,6H2,1H3;1-7H;1-5H,6H2;2*1H;/q2*-1;;;;+4/p-2. The summed E-state index contributed by atoms with van der Waals surface area (Å²) in [6, 6.07) is 34.6. The summed E-state index contributed by atoms with van der Waals surface area (Å²) < 4.78 is 0. The number of hydrogen-bond acceptors (Lipinski definition) is 0. The Labute approximate surface area is 221 Å². The zero-order chi connectivity index (χ0) is 23.7. The van der Waals surface area contributed by atoms with Crippen LogP contribution in [-0.2, 0) is 26.9 Å². The number of fused-ring (bicyclic) bond motifs is 2. The first-order valence-corrected chi connectivity index (χ1v) is 18.1. The summed E-state index contributed by atoms with van der Waals surface area (Å²) >= 11 is -0.826. The monoisotopic (exact) mass is 565 g/mol. The van der Waals surface area contributed by atoms with Crippen molar-refractivity contribution in [3.63, 3.8) is 0 Å². The second-order valence-electron chi connectivity index (χ2n) is 7.47. The summed E-state index contributed by atoms with van der Waals surface area (Å²) in [7, 11) is 13.3. The van der Waals surface area contributed by atoms with Gasteiger partial charge in [-0.15, -0.1) is 29.7 Å². The second-order valence-corrected chi connectivity index (χ2v) is 11.6.